The summed E-state index contributed by atoms with van der Waals surface area (Å²) in [5, 5.41) is 3.20. The van der Waals surface area contributed by atoms with Gasteiger partial charge in [0.1, 0.15) is 11.6 Å². The molecule has 120 valence electrons. The molecule has 1 aliphatic carbocycles. The summed E-state index contributed by atoms with van der Waals surface area (Å²) in [4.78, 5) is 18.4. The lowest BCUT2D eigenvalue weighted by atomic mass is 10.1. The Labute approximate surface area is 139 Å². The number of rotatable bonds is 4. The quantitative estimate of drug-likeness (QED) is 0.928. The zero-order valence-corrected chi connectivity index (χ0v) is 13.6. The molecular formula is C17H17ClFN3O. The van der Waals surface area contributed by atoms with Crippen LogP contribution in [0.25, 0.3) is 0 Å². The van der Waals surface area contributed by atoms with E-state index in [0.29, 0.717) is 22.7 Å². The minimum atomic E-state index is -0.352. The van der Waals surface area contributed by atoms with E-state index >= 15 is 0 Å². The molecule has 0 spiro atoms. The van der Waals surface area contributed by atoms with Crippen LogP contribution in [0.2, 0.25) is 5.02 Å². The van der Waals surface area contributed by atoms with Crippen molar-refractivity contribution in [3.8, 4) is 0 Å². The van der Waals surface area contributed by atoms with Crippen LogP contribution < -0.4 is 10.2 Å². The van der Waals surface area contributed by atoms with Crippen molar-refractivity contribution >= 4 is 29.0 Å². The molecule has 0 bridgehead atoms. The van der Waals surface area contributed by atoms with E-state index in [9.17, 15) is 9.18 Å². The second-order valence-corrected chi connectivity index (χ2v) is 6.28. The van der Waals surface area contributed by atoms with Gasteiger partial charge in [0.05, 0.1) is 11.9 Å². The van der Waals surface area contributed by atoms with Gasteiger partial charge in [-0.3, -0.25) is 4.79 Å². The average Bonchev–Trinajstić information content (AvgIpc) is 3.28. The van der Waals surface area contributed by atoms with Gasteiger partial charge in [-0.05, 0) is 30.7 Å². The van der Waals surface area contributed by atoms with Crippen molar-refractivity contribution in [2.24, 2.45) is 5.92 Å². The van der Waals surface area contributed by atoms with Gasteiger partial charge in [-0.25, -0.2) is 9.37 Å². The van der Waals surface area contributed by atoms with Gasteiger partial charge in [-0.1, -0.05) is 17.7 Å². The second-order valence-electron chi connectivity index (χ2n) is 5.87. The first-order valence-electron chi connectivity index (χ1n) is 7.35. The van der Waals surface area contributed by atoms with Crippen LogP contribution in [-0.4, -0.2) is 25.0 Å². The fourth-order valence-electron chi connectivity index (χ4n) is 2.63. The maximum Gasteiger partial charge on any atom is 0.228 e. The van der Waals surface area contributed by atoms with E-state index < -0.39 is 0 Å². The molecule has 2 atom stereocenters. The Kier molecular flexibility index (Phi) is 4.22. The molecule has 1 aromatic heterocycles. The van der Waals surface area contributed by atoms with E-state index in [-0.39, 0.29) is 23.6 Å². The van der Waals surface area contributed by atoms with Crippen molar-refractivity contribution in [2.45, 2.75) is 12.3 Å². The van der Waals surface area contributed by atoms with Crippen molar-refractivity contribution in [3.63, 3.8) is 0 Å². The summed E-state index contributed by atoms with van der Waals surface area (Å²) in [5.41, 5.74) is 1.07. The number of hydrogen-bond donors (Lipinski definition) is 1. The van der Waals surface area contributed by atoms with E-state index in [0.717, 1.165) is 5.82 Å². The van der Waals surface area contributed by atoms with Gasteiger partial charge in [0.25, 0.3) is 0 Å². The Bertz CT molecular complexity index is 713. The number of nitrogens with zero attached hydrogens (tertiary/aromatic N) is 2. The third kappa shape index (κ3) is 3.29. The number of amides is 1. The molecule has 1 fully saturated rings. The fraction of sp³-hybridized carbons (Fsp3) is 0.294. The normalized spacial score (nSPS) is 19.3. The Hall–Kier alpha value is -2.14. The van der Waals surface area contributed by atoms with E-state index in [1.807, 2.05) is 25.1 Å². The number of carbonyl (C=O) groups excluding carboxylic acids is 1. The Morgan fingerprint density at radius 1 is 1.35 bits per heavy atom. The number of halogens is 2. The summed E-state index contributed by atoms with van der Waals surface area (Å²) in [6, 6.07) is 8.22. The largest absolute Gasteiger partial charge is 0.363 e. The first-order valence-corrected chi connectivity index (χ1v) is 7.73. The number of carbonyl (C=O) groups is 1. The predicted molar refractivity (Wildman–Crippen MR) is 89.5 cm³/mol. The Balaban J connectivity index is 1.67. The van der Waals surface area contributed by atoms with E-state index in [4.69, 9.17) is 11.6 Å². The van der Waals surface area contributed by atoms with E-state index in [2.05, 4.69) is 10.3 Å². The maximum absolute atomic E-state index is 13.9. The summed E-state index contributed by atoms with van der Waals surface area (Å²) in [7, 11) is 3.79. The third-order valence-corrected chi connectivity index (χ3v) is 4.30. The highest BCUT2D eigenvalue weighted by atomic mass is 35.5. The summed E-state index contributed by atoms with van der Waals surface area (Å²) >= 11 is 6.06. The molecule has 2 aromatic rings. The van der Waals surface area contributed by atoms with E-state index in [1.165, 1.54) is 6.07 Å². The molecule has 6 heteroatoms. The van der Waals surface area contributed by atoms with Crippen molar-refractivity contribution < 1.29 is 9.18 Å². The topological polar surface area (TPSA) is 45.2 Å². The van der Waals surface area contributed by atoms with Crippen molar-refractivity contribution in [1.82, 2.24) is 4.98 Å². The average molecular weight is 334 g/mol. The number of aromatic nitrogens is 1. The minimum absolute atomic E-state index is 0.131. The predicted octanol–water partition coefficient (Wildman–Crippen LogP) is 3.68. The lowest BCUT2D eigenvalue weighted by Gasteiger charge is -2.11. The smallest absolute Gasteiger partial charge is 0.228 e. The van der Waals surface area contributed by atoms with Gasteiger partial charge >= 0.3 is 0 Å². The second kappa shape index (κ2) is 6.16. The lowest BCUT2D eigenvalue weighted by molar-refractivity contribution is -0.117. The van der Waals surface area contributed by atoms with Gasteiger partial charge < -0.3 is 10.2 Å². The molecule has 23 heavy (non-hydrogen) atoms. The van der Waals surface area contributed by atoms with Crippen molar-refractivity contribution in [1.29, 1.82) is 0 Å². The first kappa shape index (κ1) is 15.7. The Morgan fingerprint density at radius 2 is 2.13 bits per heavy atom. The molecule has 2 unspecified atom stereocenters. The molecule has 1 aliphatic rings. The number of anilines is 2. The molecule has 1 N–H and O–H groups in total. The summed E-state index contributed by atoms with van der Waals surface area (Å²) in [6.07, 6.45) is 2.22. The van der Waals surface area contributed by atoms with Crippen molar-refractivity contribution in [2.75, 3.05) is 24.3 Å². The highest BCUT2D eigenvalue weighted by Gasteiger charge is 2.46. The zero-order valence-electron chi connectivity index (χ0n) is 12.9. The van der Waals surface area contributed by atoms with Gasteiger partial charge in [0.2, 0.25) is 5.91 Å². The number of hydrogen-bond acceptors (Lipinski definition) is 3. The highest BCUT2D eigenvalue weighted by molar-refractivity contribution is 6.31. The molecule has 1 saturated carbocycles. The number of benzene rings is 1. The monoisotopic (exact) mass is 333 g/mol. The molecule has 4 nitrogen and oxygen atoms in total. The lowest BCUT2D eigenvalue weighted by Crippen LogP contribution is -2.15. The summed E-state index contributed by atoms with van der Waals surface area (Å²) in [6.45, 7) is 0. The minimum Gasteiger partial charge on any atom is -0.363 e. The van der Waals surface area contributed by atoms with E-state index in [1.54, 1.807) is 24.4 Å². The van der Waals surface area contributed by atoms with Crippen LogP contribution in [0, 0.1) is 11.7 Å². The van der Waals surface area contributed by atoms with Crippen LogP contribution in [0.4, 0.5) is 15.9 Å². The number of nitrogens with one attached hydrogen (secondary N) is 1. The molecule has 1 heterocycles. The van der Waals surface area contributed by atoms with Crippen LogP contribution in [-0.2, 0) is 4.79 Å². The van der Waals surface area contributed by atoms with Crippen LogP contribution in [0.5, 0.6) is 0 Å². The van der Waals surface area contributed by atoms with Crippen LogP contribution in [0.3, 0.4) is 0 Å². The molecule has 1 amide bonds. The van der Waals surface area contributed by atoms with Gasteiger partial charge in [-0.15, -0.1) is 0 Å². The summed E-state index contributed by atoms with van der Waals surface area (Å²) in [5.74, 6) is -0.0791. The number of pyridine rings is 1. The summed E-state index contributed by atoms with van der Waals surface area (Å²) < 4.78 is 13.9. The molecule has 0 aliphatic heterocycles. The molecule has 0 radical (unpaired) electrons. The molecular weight excluding hydrogens is 317 g/mol. The Morgan fingerprint density at radius 3 is 2.74 bits per heavy atom. The van der Waals surface area contributed by atoms with Gasteiger partial charge in [0, 0.05) is 36.5 Å². The fourth-order valence-corrected chi connectivity index (χ4v) is 2.93. The first-order chi connectivity index (χ1) is 11.0. The van der Waals surface area contributed by atoms with Gasteiger partial charge in [-0.2, -0.15) is 0 Å². The van der Waals surface area contributed by atoms with Crippen molar-refractivity contribution in [3.05, 3.63) is 52.9 Å². The SMILES string of the molecule is CN(C)c1ccc(NC(=O)C2CC2c2c(F)cccc2Cl)cn1. The molecule has 0 saturated heterocycles. The highest BCUT2D eigenvalue weighted by Crippen LogP contribution is 2.50. The van der Waals surface area contributed by atoms with Gasteiger partial charge in [0.15, 0.2) is 0 Å². The third-order valence-electron chi connectivity index (χ3n) is 3.97. The van der Waals surface area contributed by atoms with Crippen LogP contribution in [0.15, 0.2) is 36.5 Å². The maximum atomic E-state index is 13.9. The van der Waals surface area contributed by atoms with Crippen LogP contribution in [0.1, 0.15) is 17.9 Å². The molecule has 1 aromatic carbocycles. The standard InChI is InChI=1S/C17H17ClFN3O/c1-22(2)15-7-6-10(9-20-15)21-17(23)12-8-11(12)16-13(18)4-3-5-14(16)19/h3-7,9,11-12H,8H2,1-2H3,(H,21,23). The zero-order chi connectivity index (χ0) is 16.6. The van der Waals surface area contributed by atoms with Crippen LogP contribution >= 0.6 is 11.6 Å². The molecule has 3 rings (SSSR count).